The summed E-state index contributed by atoms with van der Waals surface area (Å²) in [5.74, 6) is -0.0263. The van der Waals surface area contributed by atoms with E-state index in [1.807, 2.05) is 18.2 Å². The van der Waals surface area contributed by atoms with Crippen LogP contribution in [0.25, 0.3) is 11.0 Å². The molecule has 1 aromatic heterocycles. The molecule has 1 amide bonds. The number of furan rings is 1. The zero-order valence-corrected chi connectivity index (χ0v) is 12.0. The van der Waals surface area contributed by atoms with Gasteiger partial charge in [-0.05, 0) is 52.3 Å². The van der Waals surface area contributed by atoms with Crippen LogP contribution in [0.3, 0.4) is 0 Å². The molecule has 0 bridgehead atoms. The van der Waals surface area contributed by atoms with Crippen molar-refractivity contribution in [3.05, 3.63) is 58.8 Å². The summed E-state index contributed by atoms with van der Waals surface area (Å²) < 4.78 is 6.39. The number of carbonyl (C=O) groups excluding carboxylic acids is 1. The van der Waals surface area contributed by atoms with Crippen molar-refractivity contribution in [3.8, 4) is 0 Å². The summed E-state index contributed by atoms with van der Waals surface area (Å²) in [5, 5.41) is 3.64. The molecule has 0 saturated carbocycles. The molecule has 0 unspecified atom stereocenters. The third kappa shape index (κ3) is 2.40. The molecule has 0 aliphatic heterocycles. The number of nitrogen functional groups attached to an aromatic ring is 1. The molecule has 4 nitrogen and oxygen atoms in total. The lowest BCUT2D eigenvalue weighted by Crippen LogP contribution is -2.10. The van der Waals surface area contributed by atoms with E-state index in [1.165, 1.54) is 0 Å². The van der Waals surface area contributed by atoms with Gasteiger partial charge >= 0.3 is 0 Å². The minimum atomic E-state index is -0.294. The van der Waals surface area contributed by atoms with E-state index in [2.05, 4.69) is 21.2 Å². The molecule has 3 rings (SSSR count). The summed E-state index contributed by atoms with van der Waals surface area (Å²) in [5.41, 5.74) is 7.58. The van der Waals surface area contributed by atoms with Crippen molar-refractivity contribution in [3.63, 3.8) is 0 Å². The van der Waals surface area contributed by atoms with E-state index in [-0.39, 0.29) is 11.7 Å². The topological polar surface area (TPSA) is 68.3 Å². The maximum atomic E-state index is 12.1. The van der Waals surface area contributed by atoms with Crippen molar-refractivity contribution in [1.29, 1.82) is 0 Å². The number of amides is 1. The van der Waals surface area contributed by atoms with Crippen molar-refractivity contribution < 1.29 is 9.21 Å². The Morgan fingerprint density at radius 3 is 2.60 bits per heavy atom. The van der Waals surface area contributed by atoms with Gasteiger partial charge in [0.1, 0.15) is 5.58 Å². The fourth-order valence-electron chi connectivity index (χ4n) is 1.90. The molecule has 0 fully saturated rings. The molecule has 1 heterocycles. The highest BCUT2D eigenvalue weighted by Crippen LogP contribution is 2.27. The number of nitrogens with two attached hydrogens (primary N) is 1. The smallest absolute Gasteiger partial charge is 0.291 e. The number of nitrogens with one attached hydrogen (secondary N) is 1. The zero-order valence-electron chi connectivity index (χ0n) is 10.4. The fourth-order valence-corrected chi connectivity index (χ4v) is 2.36. The van der Waals surface area contributed by atoms with Crippen LogP contribution in [0.15, 0.2) is 57.4 Å². The van der Waals surface area contributed by atoms with Crippen molar-refractivity contribution in [2.45, 2.75) is 0 Å². The summed E-state index contributed by atoms with van der Waals surface area (Å²) in [6.45, 7) is 0. The number of rotatable bonds is 2. The average molecular weight is 331 g/mol. The molecule has 0 atom stereocenters. The van der Waals surface area contributed by atoms with Crippen LogP contribution in [0.5, 0.6) is 0 Å². The molecule has 5 heteroatoms. The van der Waals surface area contributed by atoms with Crippen LogP contribution in [0.1, 0.15) is 10.6 Å². The predicted octanol–water partition coefficient (Wildman–Crippen LogP) is 4.03. The monoisotopic (exact) mass is 330 g/mol. The Bertz CT molecular complexity index is 778. The van der Waals surface area contributed by atoms with Crippen LogP contribution in [0.2, 0.25) is 0 Å². The second-order valence-electron chi connectivity index (χ2n) is 4.34. The van der Waals surface area contributed by atoms with E-state index in [1.54, 1.807) is 30.3 Å². The minimum Gasteiger partial charge on any atom is -0.450 e. The second-order valence-corrected chi connectivity index (χ2v) is 5.20. The number of carbonyl (C=O) groups is 1. The van der Waals surface area contributed by atoms with E-state index < -0.39 is 0 Å². The van der Waals surface area contributed by atoms with Crippen LogP contribution in [-0.2, 0) is 0 Å². The molecule has 100 valence electrons. The Balaban J connectivity index is 1.89. The highest BCUT2D eigenvalue weighted by atomic mass is 79.9. The Morgan fingerprint density at radius 1 is 1.15 bits per heavy atom. The molecule has 0 saturated heterocycles. The highest BCUT2D eigenvalue weighted by molar-refractivity contribution is 9.10. The predicted molar refractivity (Wildman–Crippen MR) is 82.7 cm³/mol. The third-order valence-corrected chi connectivity index (χ3v) is 3.51. The Labute approximate surface area is 123 Å². The summed E-state index contributed by atoms with van der Waals surface area (Å²) >= 11 is 3.39. The van der Waals surface area contributed by atoms with Crippen LogP contribution in [-0.4, -0.2) is 5.91 Å². The van der Waals surface area contributed by atoms with Gasteiger partial charge in [0.15, 0.2) is 5.76 Å². The maximum absolute atomic E-state index is 12.1. The summed E-state index contributed by atoms with van der Waals surface area (Å²) in [6, 6.07) is 14.3. The minimum absolute atomic E-state index is 0.267. The van der Waals surface area contributed by atoms with Gasteiger partial charge in [0.2, 0.25) is 0 Å². The Morgan fingerprint density at radius 2 is 1.90 bits per heavy atom. The number of fused-ring (bicyclic) bond motifs is 1. The summed E-state index contributed by atoms with van der Waals surface area (Å²) in [4.78, 5) is 12.1. The van der Waals surface area contributed by atoms with Crippen LogP contribution in [0.4, 0.5) is 11.4 Å². The third-order valence-electron chi connectivity index (χ3n) is 2.89. The van der Waals surface area contributed by atoms with Gasteiger partial charge < -0.3 is 15.5 Å². The molecule has 0 aliphatic carbocycles. The first-order chi connectivity index (χ1) is 9.63. The highest BCUT2D eigenvalue weighted by Gasteiger charge is 2.13. The molecular weight excluding hydrogens is 320 g/mol. The molecule has 0 spiro atoms. The van der Waals surface area contributed by atoms with Gasteiger partial charge in [0, 0.05) is 16.8 Å². The van der Waals surface area contributed by atoms with Gasteiger partial charge in [0.25, 0.3) is 5.91 Å². The number of hydrogen-bond acceptors (Lipinski definition) is 3. The molecule has 2 aromatic carbocycles. The normalized spacial score (nSPS) is 10.7. The number of halogens is 1. The first-order valence-electron chi connectivity index (χ1n) is 5.98. The van der Waals surface area contributed by atoms with Crippen molar-refractivity contribution in [1.82, 2.24) is 0 Å². The number of para-hydroxylation sites is 1. The molecule has 3 N–H and O–H groups in total. The number of benzene rings is 2. The summed E-state index contributed by atoms with van der Waals surface area (Å²) in [6.07, 6.45) is 0. The lowest BCUT2D eigenvalue weighted by Gasteiger charge is -2.02. The maximum Gasteiger partial charge on any atom is 0.291 e. The van der Waals surface area contributed by atoms with Gasteiger partial charge in [-0.15, -0.1) is 0 Å². The molecule has 20 heavy (non-hydrogen) atoms. The standard InChI is InChI=1S/C15H11BrN2O2/c16-12-3-1-2-9-8-13(20-14(9)12)15(19)18-11-6-4-10(17)5-7-11/h1-8H,17H2,(H,18,19). The van der Waals surface area contributed by atoms with Crippen LogP contribution < -0.4 is 11.1 Å². The Hall–Kier alpha value is -2.27. The van der Waals surface area contributed by atoms with E-state index in [0.29, 0.717) is 17.0 Å². The average Bonchev–Trinajstić information content (AvgIpc) is 2.87. The van der Waals surface area contributed by atoms with E-state index in [4.69, 9.17) is 10.2 Å². The van der Waals surface area contributed by atoms with Gasteiger partial charge in [0.05, 0.1) is 4.47 Å². The number of anilines is 2. The lowest BCUT2D eigenvalue weighted by atomic mass is 10.2. The van der Waals surface area contributed by atoms with E-state index in [9.17, 15) is 4.79 Å². The summed E-state index contributed by atoms with van der Waals surface area (Å²) in [7, 11) is 0. The van der Waals surface area contributed by atoms with Crippen LogP contribution in [0, 0.1) is 0 Å². The SMILES string of the molecule is Nc1ccc(NC(=O)c2cc3cccc(Br)c3o2)cc1. The largest absolute Gasteiger partial charge is 0.450 e. The van der Waals surface area contributed by atoms with Crippen molar-refractivity contribution in [2.24, 2.45) is 0 Å². The van der Waals surface area contributed by atoms with Gasteiger partial charge in [-0.1, -0.05) is 12.1 Å². The van der Waals surface area contributed by atoms with Gasteiger partial charge in [-0.3, -0.25) is 4.79 Å². The number of hydrogen-bond donors (Lipinski definition) is 2. The van der Waals surface area contributed by atoms with Crippen molar-refractivity contribution >= 4 is 44.2 Å². The Kier molecular flexibility index (Phi) is 3.20. The molecule has 3 aromatic rings. The fraction of sp³-hybridized carbons (Fsp3) is 0. The van der Waals surface area contributed by atoms with E-state index >= 15 is 0 Å². The first-order valence-corrected chi connectivity index (χ1v) is 6.78. The van der Waals surface area contributed by atoms with Crippen LogP contribution >= 0.6 is 15.9 Å². The molecule has 0 radical (unpaired) electrons. The van der Waals surface area contributed by atoms with E-state index in [0.717, 1.165) is 9.86 Å². The quantitative estimate of drug-likeness (QED) is 0.697. The molecular formula is C15H11BrN2O2. The van der Waals surface area contributed by atoms with Crippen molar-refractivity contribution in [2.75, 3.05) is 11.1 Å². The molecule has 0 aliphatic rings. The zero-order chi connectivity index (χ0) is 14.1. The van der Waals surface area contributed by atoms with Gasteiger partial charge in [-0.25, -0.2) is 0 Å². The second kappa shape index (κ2) is 5.02. The first kappa shape index (κ1) is 12.7. The lowest BCUT2D eigenvalue weighted by molar-refractivity contribution is 0.0998. The van der Waals surface area contributed by atoms with Gasteiger partial charge in [-0.2, -0.15) is 0 Å².